The van der Waals surface area contributed by atoms with Crippen LogP contribution in [0, 0.1) is 0 Å². The first-order chi connectivity index (χ1) is 8.43. The molecule has 1 aliphatic rings. The monoisotopic (exact) mass is 228 g/mol. The van der Waals surface area contributed by atoms with Gasteiger partial charge in [-0.25, -0.2) is 4.68 Å². The van der Waals surface area contributed by atoms with E-state index in [1.807, 2.05) is 16.9 Å². The molecule has 0 saturated heterocycles. The van der Waals surface area contributed by atoms with Gasteiger partial charge in [0.2, 0.25) is 0 Å². The largest absolute Gasteiger partial charge is 0.369 e. The van der Waals surface area contributed by atoms with Crippen molar-refractivity contribution >= 4 is 5.82 Å². The number of rotatable bonds is 2. The van der Waals surface area contributed by atoms with Gasteiger partial charge in [0.25, 0.3) is 0 Å². The second-order valence-corrected chi connectivity index (χ2v) is 4.27. The van der Waals surface area contributed by atoms with E-state index in [0.717, 1.165) is 32.0 Å². The quantitative estimate of drug-likeness (QED) is 0.817. The highest BCUT2D eigenvalue weighted by Gasteiger charge is 2.12. The Kier molecular flexibility index (Phi) is 2.80. The third-order valence-electron chi connectivity index (χ3n) is 3.00. The van der Waals surface area contributed by atoms with Crippen LogP contribution in [0.5, 0.6) is 0 Å². The van der Waals surface area contributed by atoms with Gasteiger partial charge in [-0.05, 0) is 5.56 Å². The van der Waals surface area contributed by atoms with Gasteiger partial charge in [0, 0.05) is 25.2 Å². The summed E-state index contributed by atoms with van der Waals surface area (Å²) < 4.78 is 2.04. The molecule has 0 amide bonds. The highest BCUT2D eigenvalue weighted by atomic mass is 15.3. The van der Waals surface area contributed by atoms with Crippen LogP contribution in [-0.4, -0.2) is 22.9 Å². The molecule has 0 saturated carbocycles. The zero-order valence-corrected chi connectivity index (χ0v) is 9.69. The van der Waals surface area contributed by atoms with Crippen molar-refractivity contribution in [2.75, 3.05) is 18.4 Å². The van der Waals surface area contributed by atoms with E-state index < -0.39 is 0 Å². The van der Waals surface area contributed by atoms with E-state index in [1.54, 1.807) is 0 Å². The van der Waals surface area contributed by atoms with Crippen molar-refractivity contribution in [3.8, 4) is 0 Å². The molecular formula is C13H16N4. The number of hydrogen-bond acceptors (Lipinski definition) is 3. The molecule has 4 heteroatoms. The molecule has 0 spiro atoms. The molecule has 2 N–H and O–H groups in total. The Balaban J connectivity index is 1.86. The van der Waals surface area contributed by atoms with E-state index in [4.69, 9.17) is 0 Å². The second-order valence-electron chi connectivity index (χ2n) is 4.27. The van der Waals surface area contributed by atoms with Crippen LogP contribution in [0.25, 0.3) is 0 Å². The van der Waals surface area contributed by atoms with E-state index in [0.29, 0.717) is 0 Å². The van der Waals surface area contributed by atoms with Gasteiger partial charge in [-0.1, -0.05) is 30.3 Å². The number of benzene rings is 1. The maximum atomic E-state index is 4.45. The summed E-state index contributed by atoms with van der Waals surface area (Å²) in [6, 6.07) is 10.4. The normalized spacial score (nSPS) is 14.8. The zero-order valence-electron chi connectivity index (χ0n) is 9.69. The van der Waals surface area contributed by atoms with E-state index in [2.05, 4.69) is 40.0 Å². The van der Waals surface area contributed by atoms with Crippen LogP contribution in [0.3, 0.4) is 0 Å². The molecule has 4 nitrogen and oxygen atoms in total. The molecule has 3 rings (SSSR count). The maximum absolute atomic E-state index is 4.45. The third-order valence-corrected chi connectivity index (χ3v) is 3.00. The van der Waals surface area contributed by atoms with Crippen LogP contribution in [0.2, 0.25) is 0 Å². The Labute approximate surface area is 101 Å². The van der Waals surface area contributed by atoms with Crippen molar-refractivity contribution < 1.29 is 0 Å². The minimum absolute atomic E-state index is 0.823. The minimum atomic E-state index is 0.823. The molecule has 2 heterocycles. The lowest BCUT2D eigenvalue weighted by Crippen LogP contribution is -2.18. The molecule has 1 aromatic heterocycles. The molecule has 0 bridgehead atoms. The van der Waals surface area contributed by atoms with Crippen molar-refractivity contribution in [2.45, 2.75) is 13.1 Å². The van der Waals surface area contributed by atoms with Gasteiger partial charge in [-0.3, -0.25) is 0 Å². The molecule has 17 heavy (non-hydrogen) atoms. The predicted octanol–water partition coefficient (Wildman–Crippen LogP) is 1.45. The highest BCUT2D eigenvalue weighted by Crippen LogP contribution is 2.17. The summed E-state index contributed by atoms with van der Waals surface area (Å²) in [4.78, 5) is 0. The van der Waals surface area contributed by atoms with Crippen LogP contribution in [0.4, 0.5) is 5.82 Å². The van der Waals surface area contributed by atoms with Gasteiger partial charge in [0.05, 0.1) is 12.7 Å². The topological polar surface area (TPSA) is 41.9 Å². The fourth-order valence-electron chi connectivity index (χ4n) is 2.13. The average molecular weight is 228 g/mol. The molecule has 0 aliphatic carbocycles. The summed E-state index contributed by atoms with van der Waals surface area (Å²) in [5, 5.41) is 11.2. The van der Waals surface area contributed by atoms with Gasteiger partial charge in [-0.15, -0.1) is 0 Å². The number of anilines is 1. The van der Waals surface area contributed by atoms with Crippen molar-refractivity contribution in [3.63, 3.8) is 0 Å². The highest BCUT2D eigenvalue weighted by molar-refractivity contribution is 5.45. The summed E-state index contributed by atoms with van der Waals surface area (Å²) in [6.07, 6.45) is 1.95. The summed E-state index contributed by atoms with van der Waals surface area (Å²) in [5.41, 5.74) is 2.52. The first-order valence-corrected chi connectivity index (χ1v) is 5.97. The smallest absolute Gasteiger partial charge is 0.129 e. The van der Waals surface area contributed by atoms with Gasteiger partial charge in [-0.2, -0.15) is 5.10 Å². The van der Waals surface area contributed by atoms with Crippen LogP contribution in [0.15, 0.2) is 36.5 Å². The summed E-state index contributed by atoms with van der Waals surface area (Å²) in [7, 11) is 0. The van der Waals surface area contributed by atoms with Crippen molar-refractivity contribution in [1.29, 1.82) is 0 Å². The molecular weight excluding hydrogens is 212 g/mol. The lowest BCUT2D eigenvalue weighted by Gasteiger charge is -2.09. The zero-order chi connectivity index (χ0) is 11.5. The molecule has 0 atom stereocenters. The number of aromatic nitrogens is 2. The predicted molar refractivity (Wildman–Crippen MR) is 68.0 cm³/mol. The van der Waals surface area contributed by atoms with Crippen LogP contribution < -0.4 is 10.6 Å². The first-order valence-electron chi connectivity index (χ1n) is 5.97. The van der Waals surface area contributed by atoms with Gasteiger partial charge < -0.3 is 10.6 Å². The SMILES string of the molecule is c1ccc(Cn2ncc3c2NCCNC3)cc1. The Bertz CT molecular complexity index is 489. The van der Waals surface area contributed by atoms with Crippen LogP contribution >= 0.6 is 0 Å². The average Bonchev–Trinajstić information content (AvgIpc) is 2.61. The first kappa shape index (κ1) is 10.4. The van der Waals surface area contributed by atoms with E-state index >= 15 is 0 Å². The van der Waals surface area contributed by atoms with Crippen LogP contribution in [0.1, 0.15) is 11.1 Å². The second kappa shape index (κ2) is 4.59. The molecule has 1 aliphatic heterocycles. The van der Waals surface area contributed by atoms with Crippen LogP contribution in [-0.2, 0) is 13.1 Å². The van der Waals surface area contributed by atoms with Crippen molar-refractivity contribution in [2.24, 2.45) is 0 Å². The molecule has 0 unspecified atom stereocenters. The van der Waals surface area contributed by atoms with E-state index in [9.17, 15) is 0 Å². The maximum Gasteiger partial charge on any atom is 0.129 e. The molecule has 2 aromatic rings. The van der Waals surface area contributed by atoms with Gasteiger partial charge in [0.15, 0.2) is 0 Å². The summed E-state index contributed by atoms with van der Waals surface area (Å²) in [5.74, 6) is 1.15. The molecule has 1 aromatic carbocycles. The van der Waals surface area contributed by atoms with E-state index in [-0.39, 0.29) is 0 Å². The number of fused-ring (bicyclic) bond motifs is 1. The van der Waals surface area contributed by atoms with Crippen molar-refractivity contribution in [3.05, 3.63) is 47.7 Å². The standard InChI is InChI=1S/C13H16N4/c1-2-4-11(5-3-1)10-17-13-12(9-16-17)8-14-6-7-15-13/h1-5,9,14-15H,6-8,10H2. The lowest BCUT2D eigenvalue weighted by atomic mass is 10.2. The number of hydrogen-bond donors (Lipinski definition) is 2. The molecule has 0 fully saturated rings. The Hall–Kier alpha value is -1.81. The Morgan fingerprint density at radius 1 is 1.18 bits per heavy atom. The van der Waals surface area contributed by atoms with Gasteiger partial charge >= 0.3 is 0 Å². The van der Waals surface area contributed by atoms with E-state index in [1.165, 1.54) is 11.1 Å². The number of nitrogens with one attached hydrogen (secondary N) is 2. The molecule has 0 radical (unpaired) electrons. The van der Waals surface area contributed by atoms with Gasteiger partial charge in [0.1, 0.15) is 5.82 Å². The minimum Gasteiger partial charge on any atom is -0.369 e. The Morgan fingerprint density at radius 2 is 2.06 bits per heavy atom. The lowest BCUT2D eigenvalue weighted by molar-refractivity contribution is 0.687. The fourth-order valence-corrected chi connectivity index (χ4v) is 2.13. The van der Waals surface area contributed by atoms with Crippen molar-refractivity contribution in [1.82, 2.24) is 15.1 Å². The fraction of sp³-hybridized carbons (Fsp3) is 0.308. The third kappa shape index (κ3) is 2.17. The number of nitrogens with zero attached hydrogens (tertiary/aromatic N) is 2. The Morgan fingerprint density at radius 3 is 2.94 bits per heavy atom. The molecule has 88 valence electrons. The summed E-state index contributed by atoms with van der Waals surface area (Å²) >= 11 is 0. The summed E-state index contributed by atoms with van der Waals surface area (Å²) in [6.45, 7) is 3.67.